The van der Waals surface area contributed by atoms with Crippen LogP contribution >= 0.6 is 11.3 Å². The van der Waals surface area contributed by atoms with Crippen molar-refractivity contribution in [3.63, 3.8) is 0 Å². The number of ether oxygens (including phenoxy) is 2. The fourth-order valence-electron chi connectivity index (χ4n) is 5.28. The van der Waals surface area contributed by atoms with Gasteiger partial charge in [-0.25, -0.2) is 0 Å². The van der Waals surface area contributed by atoms with Crippen LogP contribution in [0.2, 0.25) is 0 Å². The zero-order valence-corrected chi connectivity index (χ0v) is 19.4. The first-order valence-corrected chi connectivity index (χ1v) is 12.5. The van der Waals surface area contributed by atoms with Gasteiger partial charge in [0.2, 0.25) is 0 Å². The van der Waals surface area contributed by atoms with Gasteiger partial charge < -0.3 is 9.47 Å². The molecule has 1 aromatic heterocycles. The van der Waals surface area contributed by atoms with Gasteiger partial charge in [0.15, 0.2) is 0 Å². The van der Waals surface area contributed by atoms with E-state index < -0.39 is 0 Å². The van der Waals surface area contributed by atoms with Crippen LogP contribution in [0, 0.1) is 0 Å². The first-order chi connectivity index (χ1) is 17.3. The smallest absolute Gasteiger partial charge is 0.146 e. The third kappa shape index (κ3) is 2.76. The molecule has 0 radical (unpaired) electrons. The van der Waals surface area contributed by atoms with Gasteiger partial charge in [0.1, 0.15) is 23.0 Å². The molecule has 0 amide bonds. The summed E-state index contributed by atoms with van der Waals surface area (Å²) >= 11 is 1.78. The van der Waals surface area contributed by atoms with E-state index in [1.54, 1.807) is 11.3 Å². The molecule has 0 saturated carbocycles. The molecule has 0 fully saturated rings. The SMILES string of the molecule is c1ccc(-c2ccc3c(c2)-c2ccc4c5c(ccc(c25)O3)-c2sc(-c3ccccc3)cc2O4)cc1. The normalized spacial score (nSPS) is 12.5. The van der Waals surface area contributed by atoms with E-state index in [1.165, 1.54) is 37.6 Å². The molecule has 0 N–H and O–H groups in total. The van der Waals surface area contributed by atoms with E-state index in [2.05, 4.69) is 97.1 Å². The molecule has 0 spiro atoms. The van der Waals surface area contributed by atoms with Crippen molar-refractivity contribution in [3.05, 3.63) is 109 Å². The first kappa shape index (κ1) is 19.0. The largest absolute Gasteiger partial charge is 0.456 e. The Morgan fingerprint density at radius 2 is 1.06 bits per heavy atom. The van der Waals surface area contributed by atoms with Gasteiger partial charge in [0.05, 0.1) is 4.88 Å². The minimum Gasteiger partial charge on any atom is -0.456 e. The molecule has 0 aliphatic carbocycles. The van der Waals surface area contributed by atoms with Gasteiger partial charge in [0.25, 0.3) is 0 Å². The van der Waals surface area contributed by atoms with E-state index >= 15 is 0 Å². The Bertz CT molecular complexity index is 1780. The zero-order valence-electron chi connectivity index (χ0n) is 18.6. The number of benzene rings is 5. The molecule has 35 heavy (non-hydrogen) atoms. The topological polar surface area (TPSA) is 18.5 Å². The lowest BCUT2D eigenvalue weighted by molar-refractivity contribution is 0.481. The van der Waals surface area contributed by atoms with Crippen molar-refractivity contribution in [1.29, 1.82) is 0 Å². The molecule has 3 heteroatoms. The molecule has 8 rings (SSSR count). The van der Waals surface area contributed by atoms with Gasteiger partial charge in [-0.3, -0.25) is 0 Å². The number of fused-ring (bicyclic) bond motifs is 4. The van der Waals surface area contributed by atoms with Gasteiger partial charge >= 0.3 is 0 Å². The molecule has 5 aromatic carbocycles. The summed E-state index contributed by atoms with van der Waals surface area (Å²) in [5, 5.41) is 2.25. The van der Waals surface area contributed by atoms with Crippen molar-refractivity contribution in [3.8, 4) is 66.1 Å². The van der Waals surface area contributed by atoms with Crippen LogP contribution in [0.5, 0.6) is 23.0 Å². The predicted molar refractivity (Wildman–Crippen MR) is 144 cm³/mol. The molecular weight excluding hydrogens is 448 g/mol. The van der Waals surface area contributed by atoms with Crippen molar-refractivity contribution in [2.45, 2.75) is 0 Å². The molecular formula is C32H18O2S. The number of hydrogen-bond donors (Lipinski definition) is 0. The molecule has 2 aliphatic heterocycles. The maximum Gasteiger partial charge on any atom is 0.146 e. The molecule has 3 heterocycles. The van der Waals surface area contributed by atoms with Gasteiger partial charge in [-0.05, 0) is 58.7 Å². The van der Waals surface area contributed by atoms with Gasteiger partial charge in [-0.1, -0.05) is 66.7 Å². The van der Waals surface area contributed by atoms with E-state index in [1.807, 2.05) is 12.1 Å². The molecule has 2 aliphatic rings. The zero-order chi connectivity index (χ0) is 22.9. The van der Waals surface area contributed by atoms with Gasteiger partial charge in [-0.15, -0.1) is 11.3 Å². The van der Waals surface area contributed by atoms with Crippen LogP contribution in [0.3, 0.4) is 0 Å². The van der Waals surface area contributed by atoms with Crippen LogP contribution in [-0.4, -0.2) is 0 Å². The third-order valence-electron chi connectivity index (χ3n) is 6.90. The van der Waals surface area contributed by atoms with Crippen molar-refractivity contribution in [1.82, 2.24) is 0 Å². The second kappa shape index (κ2) is 7.08. The Morgan fingerprint density at radius 3 is 1.83 bits per heavy atom. The molecule has 2 nitrogen and oxygen atoms in total. The lowest BCUT2D eigenvalue weighted by Gasteiger charge is -2.26. The Morgan fingerprint density at radius 1 is 0.429 bits per heavy atom. The summed E-state index contributed by atoms with van der Waals surface area (Å²) in [6.07, 6.45) is 0. The molecule has 6 aromatic rings. The summed E-state index contributed by atoms with van der Waals surface area (Å²) in [5.41, 5.74) is 7.10. The summed E-state index contributed by atoms with van der Waals surface area (Å²) < 4.78 is 12.9. The lowest BCUT2D eigenvalue weighted by Crippen LogP contribution is -2.01. The van der Waals surface area contributed by atoms with Crippen LogP contribution in [0.1, 0.15) is 0 Å². The first-order valence-electron chi connectivity index (χ1n) is 11.7. The summed E-state index contributed by atoms with van der Waals surface area (Å²) in [6, 6.07) is 38.2. The van der Waals surface area contributed by atoms with E-state index in [4.69, 9.17) is 9.47 Å². The van der Waals surface area contributed by atoms with Crippen molar-refractivity contribution >= 4 is 22.1 Å². The monoisotopic (exact) mass is 466 g/mol. The Labute approximate surface area is 206 Å². The van der Waals surface area contributed by atoms with E-state index in [0.717, 1.165) is 39.3 Å². The molecule has 0 saturated heterocycles. The molecule has 0 unspecified atom stereocenters. The quantitative estimate of drug-likeness (QED) is 0.252. The summed E-state index contributed by atoms with van der Waals surface area (Å²) in [5.74, 6) is 3.58. The van der Waals surface area contributed by atoms with Crippen molar-refractivity contribution in [2.24, 2.45) is 0 Å². The van der Waals surface area contributed by atoms with Crippen molar-refractivity contribution < 1.29 is 9.47 Å². The summed E-state index contributed by atoms with van der Waals surface area (Å²) in [4.78, 5) is 2.38. The number of hydrogen-bond acceptors (Lipinski definition) is 3. The maximum absolute atomic E-state index is 6.47. The van der Waals surface area contributed by atoms with Gasteiger partial charge in [0, 0.05) is 32.8 Å². The fraction of sp³-hybridized carbons (Fsp3) is 0. The molecule has 0 bridgehead atoms. The average Bonchev–Trinajstić information content (AvgIpc) is 3.36. The number of thiophene rings is 1. The molecule has 0 atom stereocenters. The highest BCUT2D eigenvalue weighted by atomic mass is 32.1. The average molecular weight is 467 g/mol. The van der Waals surface area contributed by atoms with E-state index in [-0.39, 0.29) is 0 Å². The fourth-order valence-corrected chi connectivity index (χ4v) is 6.40. The van der Waals surface area contributed by atoms with E-state index in [9.17, 15) is 0 Å². The van der Waals surface area contributed by atoms with Crippen molar-refractivity contribution in [2.75, 3.05) is 0 Å². The maximum atomic E-state index is 6.47. The Hall–Kier alpha value is -4.34. The minimum atomic E-state index is 0.882. The minimum absolute atomic E-state index is 0.882. The standard InChI is InChI=1S/C32H18O2S/c1-3-7-19(8-4-1)21-11-14-25-24(17-21)22-12-15-27-31-23(13-16-26(33-25)30(22)31)32-28(34-27)18-29(35-32)20-9-5-2-6-10-20/h1-18H. The highest BCUT2D eigenvalue weighted by Gasteiger charge is 2.29. The summed E-state index contributed by atoms with van der Waals surface area (Å²) in [7, 11) is 0. The lowest BCUT2D eigenvalue weighted by atomic mass is 9.89. The number of rotatable bonds is 2. The highest BCUT2D eigenvalue weighted by Crippen LogP contribution is 2.57. The van der Waals surface area contributed by atoms with Crippen LogP contribution < -0.4 is 9.47 Å². The van der Waals surface area contributed by atoms with Crippen LogP contribution in [0.25, 0.3) is 53.9 Å². The van der Waals surface area contributed by atoms with Crippen LogP contribution in [-0.2, 0) is 0 Å². The van der Waals surface area contributed by atoms with Crippen LogP contribution in [0.4, 0.5) is 0 Å². The van der Waals surface area contributed by atoms with Gasteiger partial charge in [-0.2, -0.15) is 0 Å². The van der Waals surface area contributed by atoms with Crippen LogP contribution in [0.15, 0.2) is 109 Å². The molecule has 164 valence electrons. The third-order valence-corrected chi connectivity index (χ3v) is 8.10. The second-order valence-corrected chi connectivity index (χ2v) is 9.98. The predicted octanol–water partition coefficient (Wildman–Crippen LogP) is 9.78. The Kier molecular flexibility index (Phi) is 3.85. The Balaban J connectivity index is 1.34. The highest BCUT2D eigenvalue weighted by molar-refractivity contribution is 7.19. The summed E-state index contributed by atoms with van der Waals surface area (Å²) in [6.45, 7) is 0. The second-order valence-electron chi connectivity index (χ2n) is 8.92. The van der Waals surface area contributed by atoms with E-state index in [0.29, 0.717) is 0 Å².